The monoisotopic (exact) mass is 307 g/mol. The third-order valence-electron chi connectivity index (χ3n) is 3.68. The fourth-order valence-electron chi connectivity index (χ4n) is 2.51. The van der Waals surface area contributed by atoms with Gasteiger partial charge in [0.05, 0.1) is 16.5 Å². The van der Waals surface area contributed by atoms with Crippen LogP contribution in [-0.2, 0) is 9.53 Å². The van der Waals surface area contributed by atoms with Crippen LogP contribution < -0.4 is 5.32 Å². The van der Waals surface area contributed by atoms with Crippen molar-refractivity contribution in [3.05, 3.63) is 12.2 Å². The van der Waals surface area contributed by atoms with E-state index in [4.69, 9.17) is 4.74 Å². The Balaban J connectivity index is 2.03. The van der Waals surface area contributed by atoms with Crippen molar-refractivity contribution in [3.63, 3.8) is 0 Å². The third kappa shape index (κ3) is 4.32. The van der Waals surface area contributed by atoms with Gasteiger partial charge in [-0.1, -0.05) is 23.9 Å². The summed E-state index contributed by atoms with van der Waals surface area (Å²) in [5.41, 5.74) is 0. The average molecular weight is 307 g/mol. The molecule has 1 N–H and O–H groups in total. The van der Waals surface area contributed by atoms with Crippen molar-refractivity contribution in [2.75, 3.05) is 20.3 Å². The van der Waals surface area contributed by atoms with Crippen LogP contribution in [-0.4, -0.2) is 36.6 Å². The summed E-state index contributed by atoms with van der Waals surface area (Å²) in [5, 5.41) is 12.9. The van der Waals surface area contributed by atoms with Gasteiger partial charge in [-0.05, 0) is 31.6 Å². The Morgan fingerprint density at radius 1 is 1.57 bits per heavy atom. The van der Waals surface area contributed by atoms with Crippen molar-refractivity contribution in [1.29, 1.82) is 5.26 Å². The molecule has 0 bridgehead atoms. The van der Waals surface area contributed by atoms with Crippen molar-refractivity contribution in [3.8, 4) is 6.07 Å². The molecule has 0 aromatic carbocycles. The lowest BCUT2D eigenvalue weighted by atomic mass is 9.94. The van der Waals surface area contributed by atoms with Crippen LogP contribution in [0.4, 0.5) is 0 Å². The Morgan fingerprint density at radius 3 is 3.10 bits per heavy atom. The van der Waals surface area contributed by atoms with E-state index in [9.17, 15) is 10.1 Å². The van der Waals surface area contributed by atoms with Gasteiger partial charge < -0.3 is 10.1 Å². The molecular formula is C15H21N3O2S. The molecule has 0 saturated carbocycles. The normalized spacial score (nSPS) is 31.0. The van der Waals surface area contributed by atoms with Gasteiger partial charge in [0.1, 0.15) is 0 Å². The summed E-state index contributed by atoms with van der Waals surface area (Å²) >= 11 is 1.55. The van der Waals surface area contributed by atoms with Crippen LogP contribution in [0.5, 0.6) is 0 Å². The molecule has 1 amide bonds. The minimum Gasteiger partial charge on any atom is -0.385 e. The minimum absolute atomic E-state index is 0.0354. The van der Waals surface area contributed by atoms with E-state index in [0.29, 0.717) is 24.1 Å². The van der Waals surface area contributed by atoms with Crippen LogP contribution in [0.2, 0.25) is 0 Å². The van der Waals surface area contributed by atoms with Crippen LogP contribution >= 0.6 is 11.8 Å². The highest BCUT2D eigenvalue weighted by Crippen LogP contribution is 2.33. The highest BCUT2D eigenvalue weighted by Gasteiger charge is 2.37. The number of nitrogens with zero attached hydrogens (tertiary/aromatic N) is 2. The molecule has 1 aliphatic heterocycles. The van der Waals surface area contributed by atoms with E-state index < -0.39 is 5.92 Å². The Hall–Kier alpha value is -1.32. The third-order valence-corrected chi connectivity index (χ3v) is 5.05. The predicted molar refractivity (Wildman–Crippen MR) is 83.9 cm³/mol. The number of aliphatic imine (C=N–C) groups is 1. The predicted octanol–water partition coefficient (Wildman–Crippen LogP) is 2.11. The number of hydrogen-bond donors (Lipinski definition) is 1. The van der Waals surface area contributed by atoms with Gasteiger partial charge in [-0.3, -0.25) is 9.79 Å². The summed E-state index contributed by atoms with van der Waals surface area (Å²) in [6, 6.07) is 2.06. The standard InChI is InChI=1S/C15H21N3O2S/c1-20-9-5-8-17-15-12(10-16)13(19)18-14(21-15)11-6-3-2-4-7-11/h2-3,11-12,14H,4-9H2,1H3,(H,18,19)/t11-,12?,14+/m0/s1. The Morgan fingerprint density at radius 2 is 2.43 bits per heavy atom. The molecule has 6 heteroatoms. The lowest BCUT2D eigenvalue weighted by Gasteiger charge is -2.33. The van der Waals surface area contributed by atoms with Crippen molar-refractivity contribution in [2.45, 2.75) is 31.1 Å². The highest BCUT2D eigenvalue weighted by atomic mass is 32.2. The Labute approximate surface area is 129 Å². The second-order valence-electron chi connectivity index (χ2n) is 5.22. The van der Waals surface area contributed by atoms with Crippen molar-refractivity contribution in [1.82, 2.24) is 5.32 Å². The number of hydrogen-bond acceptors (Lipinski definition) is 5. The van der Waals surface area contributed by atoms with Gasteiger partial charge in [-0.15, -0.1) is 0 Å². The molecule has 114 valence electrons. The number of nitrogens with one attached hydrogen (secondary N) is 1. The first-order chi connectivity index (χ1) is 10.3. The maximum Gasteiger partial charge on any atom is 0.244 e. The van der Waals surface area contributed by atoms with Gasteiger partial charge in [-0.25, -0.2) is 0 Å². The van der Waals surface area contributed by atoms with Gasteiger partial charge in [0, 0.05) is 20.3 Å². The lowest BCUT2D eigenvalue weighted by molar-refractivity contribution is -0.122. The zero-order valence-electron chi connectivity index (χ0n) is 12.2. The first-order valence-corrected chi connectivity index (χ1v) is 8.19. The number of allylic oxidation sites excluding steroid dienone is 2. The molecule has 0 spiro atoms. The maximum absolute atomic E-state index is 12.1. The van der Waals surface area contributed by atoms with E-state index in [2.05, 4.69) is 28.5 Å². The number of carbonyl (C=O) groups is 1. The molecule has 0 aromatic heterocycles. The summed E-state index contributed by atoms with van der Waals surface area (Å²) in [6.45, 7) is 1.24. The fourth-order valence-corrected chi connectivity index (χ4v) is 3.85. The Kier molecular flexibility index (Phi) is 6.27. The number of thioether (sulfide) groups is 1. The summed E-state index contributed by atoms with van der Waals surface area (Å²) in [5.74, 6) is -0.540. The number of carbonyl (C=O) groups excluding carboxylic acids is 1. The SMILES string of the molecule is COCCCN=C1S[C@H]([C@H]2CC=CCC2)NC(=O)C1C#N. The maximum atomic E-state index is 12.1. The van der Waals surface area contributed by atoms with Crippen molar-refractivity contribution >= 4 is 22.7 Å². The van der Waals surface area contributed by atoms with Crippen LogP contribution in [0.25, 0.3) is 0 Å². The zero-order chi connectivity index (χ0) is 15.1. The molecule has 21 heavy (non-hydrogen) atoms. The number of nitriles is 1. The Bertz CT molecular complexity index is 470. The molecule has 5 nitrogen and oxygen atoms in total. The van der Waals surface area contributed by atoms with Crippen LogP contribution in [0, 0.1) is 23.2 Å². The number of amides is 1. The van der Waals surface area contributed by atoms with E-state index in [1.54, 1.807) is 18.9 Å². The second kappa shape index (κ2) is 8.20. The molecule has 1 unspecified atom stereocenters. The lowest BCUT2D eigenvalue weighted by Crippen LogP contribution is -2.48. The summed E-state index contributed by atoms with van der Waals surface area (Å²) in [7, 11) is 1.65. The van der Waals surface area contributed by atoms with E-state index >= 15 is 0 Å². The summed E-state index contributed by atoms with van der Waals surface area (Å²) < 4.78 is 4.99. The number of ether oxygens (including phenoxy) is 1. The molecular weight excluding hydrogens is 286 g/mol. The minimum atomic E-state index is -0.757. The van der Waals surface area contributed by atoms with Gasteiger partial charge in [0.15, 0.2) is 5.92 Å². The summed E-state index contributed by atoms with van der Waals surface area (Å²) in [6.07, 6.45) is 8.27. The molecule has 1 aliphatic carbocycles. The molecule has 2 rings (SSSR count). The largest absolute Gasteiger partial charge is 0.385 e. The van der Waals surface area contributed by atoms with E-state index in [0.717, 1.165) is 25.7 Å². The molecule has 1 heterocycles. The molecule has 0 aromatic rings. The van der Waals surface area contributed by atoms with Crippen molar-refractivity contribution in [2.24, 2.45) is 16.8 Å². The fraction of sp³-hybridized carbons (Fsp3) is 0.667. The molecule has 0 radical (unpaired) electrons. The quantitative estimate of drug-likeness (QED) is 0.623. The topological polar surface area (TPSA) is 74.5 Å². The second-order valence-corrected chi connectivity index (χ2v) is 6.38. The van der Waals surface area contributed by atoms with Crippen molar-refractivity contribution < 1.29 is 9.53 Å². The van der Waals surface area contributed by atoms with Crippen LogP contribution in [0.1, 0.15) is 25.7 Å². The zero-order valence-corrected chi connectivity index (χ0v) is 13.1. The van der Waals surface area contributed by atoms with Crippen LogP contribution in [0.3, 0.4) is 0 Å². The number of rotatable bonds is 5. The molecule has 1 saturated heterocycles. The molecule has 2 aliphatic rings. The smallest absolute Gasteiger partial charge is 0.244 e. The first kappa shape index (κ1) is 16.1. The van der Waals surface area contributed by atoms with Gasteiger partial charge in [0.2, 0.25) is 5.91 Å². The molecule has 3 atom stereocenters. The van der Waals surface area contributed by atoms with Gasteiger partial charge in [0.25, 0.3) is 0 Å². The summed E-state index contributed by atoms with van der Waals surface area (Å²) in [4.78, 5) is 16.6. The van der Waals surface area contributed by atoms with E-state index in [-0.39, 0.29) is 11.3 Å². The van der Waals surface area contributed by atoms with E-state index in [1.165, 1.54) is 0 Å². The molecule has 1 fully saturated rings. The van der Waals surface area contributed by atoms with Gasteiger partial charge in [-0.2, -0.15) is 5.26 Å². The average Bonchev–Trinajstić information content (AvgIpc) is 2.52. The van der Waals surface area contributed by atoms with Crippen LogP contribution in [0.15, 0.2) is 17.1 Å². The van der Waals surface area contributed by atoms with Gasteiger partial charge >= 0.3 is 0 Å². The van der Waals surface area contributed by atoms with E-state index in [1.807, 2.05) is 0 Å². The highest BCUT2D eigenvalue weighted by molar-refractivity contribution is 8.14. The number of methoxy groups -OCH3 is 1. The first-order valence-electron chi connectivity index (χ1n) is 7.31.